The number of carbonyl (C=O) groups is 1. The van der Waals surface area contributed by atoms with Crippen molar-refractivity contribution in [2.75, 3.05) is 30.3 Å². The van der Waals surface area contributed by atoms with Crippen LogP contribution >= 0.6 is 11.8 Å². The molecule has 0 spiro atoms. The summed E-state index contributed by atoms with van der Waals surface area (Å²) in [5.74, 6) is 1.51. The minimum Gasteiger partial charge on any atom is -0.355 e. The molecule has 3 aromatic heterocycles. The monoisotopic (exact) mass is 388 g/mol. The number of nitrogens with one attached hydrogen (secondary N) is 1. The summed E-state index contributed by atoms with van der Waals surface area (Å²) in [6, 6.07) is 0. The molecule has 3 aromatic rings. The molecule has 1 aliphatic heterocycles. The first kappa shape index (κ1) is 17.6. The second-order valence-electron chi connectivity index (χ2n) is 6.24. The van der Waals surface area contributed by atoms with Gasteiger partial charge in [-0.05, 0) is 6.92 Å². The molecular weight excluding hydrogens is 368 g/mol. The Morgan fingerprint density at radius 2 is 2.19 bits per heavy atom. The zero-order chi connectivity index (χ0) is 18.8. The molecule has 1 fully saturated rings. The fourth-order valence-electron chi connectivity index (χ4n) is 2.91. The molecule has 0 aromatic carbocycles. The summed E-state index contributed by atoms with van der Waals surface area (Å²) < 4.78 is 3.59. The standard InChI is InChI=1S/C15H20N10OS/c1-3-25-13-11(20-22-25)12(17-8-18-13)24-6-10(7-24)14(26)16-4-5-27-15-21-19-9-23(15)2/h8-10H,3-7H2,1-2H3,(H,16,26). The molecule has 1 N–H and O–H groups in total. The van der Waals surface area contributed by atoms with Crippen molar-refractivity contribution in [3.8, 4) is 0 Å². The van der Waals surface area contributed by atoms with Crippen LogP contribution in [0, 0.1) is 5.92 Å². The predicted octanol–water partition coefficient (Wildman–Crippen LogP) is -0.286. The zero-order valence-corrected chi connectivity index (χ0v) is 15.9. The van der Waals surface area contributed by atoms with Crippen LogP contribution in [0.4, 0.5) is 5.82 Å². The summed E-state index contributed by atoms with van der Waals surface area (Å²) in [7, 11) is 1.90. The Bertz CT molecular complexity index is 947. The Balaban J connectivity index is 1.27. The molecule has 1 saturated heterocycles. The van der Waals surface area contributed by atoms with E-state index in [-0.39, 0.29) is 11.8 Å². The SMILES string of the molecule is CCn1nnc2c(N3CC(C(=O)NCCSc4nncn4C)C3)ncnc21. The van der Waals surface area contributed by atoms with E-state index >= 15 is 0 Å². The lowest BCUT2D eigenvalue weighted by Crippen LogP contribution is -2.54. The normalized spacial score (nSPS) is 14.5. The molecule has 0 atom stereocenters. The van der Waals surface area contributed by atoms with E-state index in [4.69, 9.17) is 0 Å². The first-order chi connectivity index (χ1) is 13.2. The van der Waals surface area contributed by atoms with E-state index in [1.165, 1.54) is 6.33 Å². The van der Waals surface area contributed by atoms with Crippen LogP contribution in [0.25, 0.3) is 11.2 Å². The number of thioether (sulfide) groups is 1. The molecule has 0 saturated carbocycles. The molecule has 4 rings (SSSR count). The van der Waals surface area contributed by atoms with Crippen LogP contribution in [0.3, 0.4) is 0 Å². The minimum atomic E-state index is -0.0453. The molecule has 0 unspecified atom stereocenters. The van der Waals surface area contributed by atoms with Crippen molar-refractivity contribution in [1.29, 1.82) is 0 Å². The van der Waals surface area contributed by atoms with Gasteiger partial charge in [0, 0.05) is 39.0 Å². The van der Waals surface area contributed by atoms with E-state index in [0.29, 0.717) is 31.7 Å². The first-order valence-corrected chi connectivity index (χ1v) is 9.69. The van der Waals surface area contributed by atoms with Crippen molar-refractivity contribution < 1.29 is 4.79 Å². The van der Waals surface area contributed by atoms with Crippen molar-refractivity contribution in [3.05, 3.63) is 12.7 Å². The molecule has 4 heterocycles. The Labute approximate surface area is 159 Å². The van der Waals surface area contributed by atoms with E-state index in [9.17, 15) is 4.79 Å². The van der Waals surface area contributed by atoms with Crippen molar-refractivity contribution in [2.45, 2.75) is 18.6 Å². The van der Waals surface area contributed by atoms with Gasteiger partial charge in [-0.2, -0.15) is 0 Å². The van der Waals surface area contributed by atoms with Gasteiger partial charge in [-0.1, -0.05) is 17.0 Å². The second-order valence-corrected chi connectivity index (χ2v) is 7.30. The van der Waals surface area contributed by atoms with Crippen molar-refractivity contribution in [2.24, 2.45) is 13.0 Å². The summed E-state index contributed by atoms with van der Waals surface area (Å²) in [5.41, 5.74) is 1.40. The van der Waals surface area contributed by atoms with E-state index in [1.807, 2.05) is 23.4 Å². The number of aryl methyl sites for hydroxylation is 2. The third-order valence-electron chi connectivity index (χ3n) is 4.43. The summed E-state index contributed by atoms with van der Waals surface area (Å²) in [5, 5.41) is 19.9. The number of nitrogens with zero attached hydrogens (tertiary/aromatic N) is 9. The number of carbonyl (C=O) groups excluding carboxylic acids is 1. The molecule has 0 bridgehead atoms. The largest absolute Gasteiger partial charge is 0.355 e. The molecule has 11 nitrogen and oxygen atoms in total. The summed E-state index contributed by atoms with van der Waals surface area (Å²) in [4.78, 5) is 22.9. The van der Waals surface area contributed by atoms with Crippen LogP contribution in [0.1, 0.15) is 6.92 Å². The lowest BCUT2D eigenvalue weighted by Gasteiger charge is -2.38. The number of fused-ring (bicyclic) bond motifs is 1. The number of aromatic nitrogens is 8. The maximum atomic E-state index is 12.3. The number of hydrogen-bond acceptors (Lipinski definition) is 9. The van der Waals surface area contributed by atoms with Crippen LogP contribution < -0.4 is 10.2 Å². The smallest absolute Gasteiger partial charge is 0.226 e. The Morgan fingerprint density at radius 3 is 2.93 bits per heavy atom. The van der Waals surface area contributed by atoms with Crippen LogP contribution in [-0.2, 0) is 18.4 Å². The van der Waals surface area contributed by atoms with Gasteiger partial charge in [0.05, 0.1) is 5.92 Å². The topological polar surface area (TPSA) is 120 Å². The van der Waals surface area contributed by atoms with Crippen LogP contribution in [0.2, 0.25) is 0 Å². The van der Waals surface area contributed by atoms with Gasteiger partial charge in [-0.15, -0.1) is 15.3 Å². The van der Waals surface area contributed by atoms with Crippen molar-refractivity contribution in [1.82, 2.24) is 45.0 Å². The van der Waals surface area contributed by atoms with Gasteiger partial charge in [0.1, 0.15) is 12.7 Å². The Morgan fingerprint density at radius 1 is 1.33 bits per heavy atom. The zero-order valence-electron chi connectivity index (χ0n) is 15.1. The summed E-state index contributed by atoms with van der Waals surface area (Å²) >= 11 is 1.57. The Hall–Kier alpha value is -2.76. The van der Waals surface area contributed by atoms with Crippen LogP contribution in [-0.4, -0.2) is 71.0 Å². The molecule has 12 heteroatoms. The van der Waals surface area contributed by atoms with E-state index in [0.717, 1.165) is 22.4 Å². The highest BCUT2D eigenvalue weighted by atomic mass is 32.2. The number of amides is 1. The quantitative estimate of drug-likeness (QED) is 0.430. The highest BCUT2D eigenvalue weighted by molar-refractivity contribution is 7.99. The van der Waals surface area contributed by atoms with Crippen LogP contribution in [0.5, 0.6) is 0 Å². The molecule has 142 valence electrons. The van der Waals surface area contributed by atoms with Crippen LogP contribution in [0.15, 0.2) is 17.8 Å². The average Bonchev–Trinajstić information content (AvgIpc) is 3.23. The lowest BCUT2D eigenvalue weighted by molar-refractivity contribution is -0.125. The first-order valence-electron chi connectivity index (χ1n) is 8.71. The highest BCUT2D eigenvalue weighted by Gasteiger charge is 2.34. The predicted molar refractivity (Wildman–Crippen MR) is 99.2 cm³/mol. The molecule has 1 aliphatic rings. The fraction of sp³-hybridized carbons (Fsp3) is 0.533. The van der Waals surface area contributed by atoms with E-state index in [1.54, 1.807) is 22.8 Å². The van der Waals surface area contributed by atoms with Gasteiger partial charge in [-0.25, -0.2) is 14.6 Å². The van der Waals surface area contributed by atoms with Gasteiger partial charge in [0.15, 0.2) is 22.1 Å². The van der Waals surface area contributed by atoms with Gasteiger partial charge in [-0.3, -0.25) is 4.79 Å². The highest BCUT2D eigenvalue weighted by Crippen LogP contribution is 2.27. The second kappa shape index (κ2) is 7.47. The molecule has 0 aliphatic carbocycles. The minimum absolute atomic E-state index is 0.0453. The van der Waals surface area contributed by atoms with E-state index in [2.05, 4.69) is 35.8 Å². The number of rotatable bonds is 7. The summed E-state index contributed by atoms with van der Waals surface area (Å²) in [6.07, 6.45) is 3.18. The number of hydrogen-bond donors (Lipinski definition) is 1. The van der Waals surface area contributed by atoms with Gasteiger partial charge < -0.3 is 14.8 Å². The van der Waals surface area contributed by atoms with Gasteiger partial charge >= 0.3 is 0 Å². The van der Waals surface area contributed by atoms with Crippen molar-refractivity contribution >= 4 is 34.7 Å². The van der Waals surface area contributed by atoms with Gasteiger partial charge in [0.25, 0.3) is 0 Å². The molecule has 27 heavy (non-hydrogen) atoms. The maximum absolute atomic E-state index is 12.3. The third-order valence-corrected chi connectivity index (χ3v) is 5.47. The fourth-order valence-corrected chi connectivity index (χ4v) is 3.65. The molecule has 0 radical (unpaired) electrons. The Kier molecular flexibility index (Phi) is 4.88. The third kappa shape index (κ3) is 3.44. The van der Waals surface area contributed by atoms with Crippen molar-refractivity contribution in [3.63, 3.8) is 0 Å². The maximum Gasteiger partial charge on any atom is 0.226 e. The molecule has 1 amide bonds. The summed E-state index contributed by atoms with van der Waals surface area (Å²) in [6.45, 7) is 4.52. The molecular formula is C15H20N10OS. The average molecular weight is 388 g/mol. The number of anilines is 1. The lowest BCUT2D eigenvalue weighted by atomic mass is 9.99. The van der Waals surface area contributed by atoms with E-state index < -0.39 is 0 Å². The van der Waals surface area contributed by atoms with Gasteiger partial charge in [0.2, 0.25) is 5.91 Å².